The van der Waals surface area contributed by atoms with Gasteiger partial charge in [-0.05, 0) is 83.5 Å². The van der Waals surface area contributed by atoms with Crippen molar-refractivity contribution in [2.75, 3.05) is 13.2 Å². The maximum Gasteiger partial charge on any atom is 0.309 e. The van der Waals surface area contributed by atoms with E-state index in [-0.39, 0.29) is 32.0 Å². The Morgan fingerprint density at radius 1 is 0.404 bits per heavy atom. The fourth-order valence-corrected chi connectivity index (χ4v) is 4.91. The van der Waals surface area contributed by atoms with Crippen molar-refractivity contribution in [1.82, 2.24) is 0 Å². The summed E-state index contributed by atoms with van der Waals surface area (Å²) in [5, 5.41) is 0. The van der Waals surface area contributed by atoms with Gasteiger partial charge in [-0.3, -0.25) is 14.4 Å². The number of rotatable bonds is 34. The van der Waals surface area contributed by atoms with E-state index in [1.807, 2.05) is 6.08 Å². The summed E-state index contributed by atoms with van der Waals surface area (Å²) < 4.78 is 16.4. The highest BCUT2D eigenvalue weighted by atomic mass is 16.6. The van der Waals surface area contributed by atoms with Crippen molar-refractivity contribution >= 4 is 17.9 Å². The molecule has 52 heavy (non-hydrogen) atoms. The highest BCUT2D eigenvalue weighted by Gasteiger charge is 2.19. The lowest BCUT2D eigenvalue weighted by Crippen LogP contribution is -2.30. The normalized spacial score (nSPS) is 13.1. The van der Waals surface area contributed by atoms with E-state index < -0.39 is 18.0 Å². The second-order valence-corrected chi connectivity index (χ2v) is 12.8. The van der Waals surface area contributed by atoms with Crippen LogP contribution in [-0.2, 0) is 28.6 Å². The van der Waals surface area contributed by atoms with Crippen LogP contribution in [0.2, 0.25) is 0 Å². The summed E-state index contributed by atoms with van der Waals surface area (Å²) in [4.78, 5) is 37.4. The summed E-state index contributed by atoms with van der Waals surface area (Å²) in [5.74, 6) is -1.14. The van der Waals surface area contributed by atoms with E-state index in [4.69, 9.17) is 14.2 Å². The van der Waals surface area contributed by atoms with E-state index in [1.165, 1.54) is 25.7 Å². The molecule has 292 valence electrons. The predicted octanol–water partition coefficient (Wildman–Crippen LogP) is 12.7. The topological polar surface area (TPSA) is 78.9 Å². The lowest BCUT2D eigenvalue weighted by Gasteiger charge is -2.18. The lowest BCUT2D eigenvalue weighted by molar-refractivity contribution is -0.166. The number of carbonyl (C=O) groups is 3. The molecular formula is C46H72O6. The van der Waals surface area contributed by atoms with E-state index in [2.05, 4.69) is 106 Å². The second-order valence-electron chi connectivity index (χ2n) is 12.8. The number of carbonyl (C=O) groups excluding carboxylic acids is 3. The van der Waals surface area contributed by atoms with E-state index >= 15 is 0 Å². The molecule has 0 saturated carbocycles. The summed E-state index contributed by atoms with van der Waals surface area (Å²) in [6.45, 7) is 6.10. The van der Waals surface area contributed by atoms with Crippen LogP contribution < -0.4 is 0 Å². The Morgan fingerprint density at radius 3 is 1.31 bits per heavy atom. The van der Waals surface area contributed by atoms with Gasteiger partial charge in [-0.15, -0.1) is 0 Å². The zero-order valence-corrected chi connectivity index (χ0v) is 33.0. The first-order chi connectivity index (χ1) is 25.5. The van der Waals surface area contributed by atoms with Gasteiger partial charge in [0, 0.05) is 12.8 Å². The van der Waals surface area contributed by atoms with Gasteiger partial charge in [0.05, 0.1) is 6.42 Å². The number of ether oxygens (including phenoxy) is 3. The second kappa shape index (κ2) is 40.1. The van der Waals surface area contributed by atoms with Crippen molar-refractivity contribution in [3.63, 3.8) is 0 Å². The van der Waals surface area contributed by atoms with Crippen LogP contribution in [0.5, 0.6) is 0 Å². The molecule has 0 fully saturated rings. The molecule has 0 aliphatic carbocycles. The van der Waals surface area contributed by atoms with Gasteiger partial charge in [0.25, 0.3) is 0 Å². The predicted molar refractivity (Wildman–Crippen MR) is 219 cm³/mol. The third-order valence-corrected chi connectivity index (χ3v) is 7.85. The van der Waals surface area contributed by atoms with Crippen molar-refractivity contribution in [3.8, 4) is 0 Å². The zero-order valence-electron chi connectivity index (χ0n) is 33.0. The first-order valence-electron chi connectivity index (χ1n) is 20.2. The summed E-state index contributed by atoms with van der Waals surface area (Å²) in [6.07, 6.45) is 51.5. The van der Waals surface area contributed by atoms with E-state index in [9.17, 15) is 14.4 Å². The average molecular weight is 721 g/mol. The van der Waals surface area contributed by atoms with Gasteiger partial charge in [0.1, 0.15) is 13.2 Å². The third kappa shape index (κ3) is 37.6. The van der Waals surface area contributed by atoms with Gasteiger partial charge in [-0.1, -0.05) is 150 Å². The molecule has 0 rings (SSSR count). The first kappa shape index (κ1) is 48.3. The molecule has 0 aliphatic heterocycles. The van der Waals surface area contributed by atoms with Crippen LogP contribution in [0.4, 0.5) is 0 Å². The van der Waals surface area contributed by atoms with Crippen LogP contribution in [0, 0.1) is 0 Å². The van der Waals surface area contributed by atoms with Gasteiger partial charge >= 0.3 is 17.9 Å². The van der Waals surface area contributed by atoms with E-state index in [1.54, 1.807) is 6.08 Å². The molecule has 0 N–H and O–H groups in total. The minimum atomic E-state index is -0.839. The molecule has 1 unspecified atom stereocenters. The molecule has 0 saturated heterocycles. The van der Waals surface area contributed by atoms with Crippen molar-refractivity contribution < 1.29 is 28.6 Å². The molecule has 0 bridgehead atoms. The van der Waals surface area contributed by atoms with Crippen molar-refractivity contribution in [3.05, 3.63) is 97.2 Å². The van der Waals surface area contributed by atoms with E-state index in [0.29, 0.717) is 12.8 Å². The lowest BCUT2D eigenvalue weighted by atomic mass is 10.1. The Hall–Kier alpha value is -3.67. The average Bonchev–Trinajstić information content (AvgIpc) is 3.14. The molecular weight excluding hydrogens is 648 g/mol. The maximum absolute atomic E-state index is 12.6. The number of hydrogen-bond acceptors (Lipinski definition) is 6. The molecule has 0 spiro atoms. The van der Waals surface area contributed by atoms with Gasteiger partial charge in [0.2, 0.25) is 0 Å². The van der Waals surface area contributed by atoms with Crippen LogP contribution >= 0.6 is 0 Å². The number of allylic oxidation sites excluding steroid dienone is 15. The molecule has 6 heteroatoms. The van der Waals surface area contributed by atoms with E-state index in [0.717, 1.165) is 83.5 Å². The molecule has 0 aliphatic rings. The van der Waals surface area contributed by atoms with Gasteiger partial charge in [-0.25, -0.2) is 0 Å². The third-order valence-electron chi connectivity index (χ3n) is 7.85. The summed E-state index contributed by atoms with van der Waals surface area (Å²) in [5.41, 5.74) is 0. The number of esters is 3. The van der Waals surface area contributed by atoms with Crippen LogP contribution in [0.25, 0.3) is 0 Å². The quantitative estimate of drug-likeness (QED) is 0.0285. The Labute approximate surface area is 317 Å². The molecule has 0 aromatic heterocycles. The minimum absolute atomic E-state index is 0.120. The Kier molecular flexibility index (Phi) is 37.3. The molecule has 0 amide bonds. The highest BCUT2D eigenvalue weighted by molar-refractivity contribution is 5.72. The summed E-state index contributed by atoms with van der Waals surface area (Å²) >= 11 is 0. The molecule has 0 aromatic carbocycles. The van der Waals surface area contributed by atoms with Crippen LogP contribution in [-0.4, -0.2) is 37.2 Å². The molecule has 1 atom stereocenters. The van der Waals surface area contributed by atoms with Gasteiger partial charge in [-0.2, -0.15) is 0 Å². The fourth-order valence-electron chi connectivity index (χ4n) is 4.91. The first-order valence-corrected chi connectivity index (χ1v) is 20.2. The standard InChI is InChI=1S/C46H72O6/c1-4-7-10-13-16-19-21-22-23-25-27-30-33-36-39-45(48)51-42-43(41-50-44(47)38-35-32-29-26-18-15-12-9-6-3)52-46(49)40-37-34-31-28-24-20-17-14-11-8-5-2/h7-12,16-20,26,28,31-32,35,43H,4-6,13-15,21-25,27,29-30,33-34,36-42H2,1-3H3/b10-7-,11-8-,12-9-,19-16-,20-17-,26-18-,31-28-,35-32-. The molecule has 0 radical (unpaired) electrons. The Balaban J connectivity index is 4.53. The largest absolute Gasteiger partial charge is 0.462 e. The Bertz CT molecular complexity index is 1100. The number of unbranched alkanes of at least 4 members (excludes halogenated alkanes) is 8. The smallest absolute Gasteiger partial charge is 0.309 e. The highest BCUT2D eigenvalue weighted by Crippen LogP contribution is 2.11. The van der Waals surface area contributed by atoms with Crippen LogP contribution in [0.3, 0.4) is 0 Å². The van der Waals surface area contributed by atoms with Gasteiger partial charge in [0.15, 0.2) is 6.10 Å². The van der Waals surface area contributed by atoms with Crippen molar-refractivity contribution in [1.29, 1.82) is 0 Å². The monoisotopic (exact) mass is 721 g/mol. The molecule has 0 aromatic rings. The number of hydrogen-bond donors (Lipinski definition) is 0. The summed E-state index contributed by atoms with van der Waals surface area (Å²) in [7, 11) is 0. The minimum Gasteiger partial charge on any atom is -0.462 e. The van der Waals surface area contributed by atoms with Crippen LogP contribution in [0.15, 0.2) is 97.2 Å². The molecule has 0 heterocycles. The zero-order chi connectivity index (χ0) is 38.0. The van der Waals surface area contributed by atoms with Crippen molar-refractivity contribution in [2.45, 2.75) is 162 Å². The van der Waals surface area contributed by atoms with Crippen molar-refractivity contribution in [2.24, 2.45) is 0 Å². The SMILES string of the molecule is CC/C=C\C/C=C\C/C=C\CCCC(=O)OC(COC(=O)C/C=C\C/C=C\C/C=C\CC)COC(=O)CCCCCCCCC/C=C\C/C=C\CC. The molecule has 6 nitrogen and oxygen atoms in total. The van der Waals surface area contributed by atoms with Gasteiger partial charge < -0.3 is 14.2 Å². The fraction of sp³-hybridized carbons (Fsp3) is 0.587. The Morgan fingerprint density at radius 2 is 0.788 bits per heavy atom. The summed E-state index contributed by atoms with van der Waals surface area (Å²) in [6, 6.07) is 0. The maximum atomic E-state index is 12.6. The van der Waals surface area contributed by atoms with Crippen LogP contribution in [0.1, 0.15) is 156 Å².